The summed E-state index contributed by atoms with van der Waals surface area (Å²) in [4.78, 5) is 25.0. The molecule has 2 N–H and O–H groups in total. The van der Waals surface area contributed by atoms with Crippen LogP contribution in [0.15, 0.2) is 0 Å². The molecule has 2 unspecified atom stereocenters. The molecule has 0 aromatic rings. The molecule has 2 atom stereocenters. The molecule has 0 bridgehead atoms. The van der Waals surface area contributed by atoms with Crippen molar-refractivity contribution in [3.05, 3.63) is 0 Å². The Morgan fingerprint density at radius 3 is 2.16 bits per heavy atom. The Morgan fingerprint density at radius 2 is 1.63 bits per heavy atom. The molecule has 5 nitrogen and oxygen atoms in total. The summed E-state index contributed by atoms with van der Waals surface area (Å²) in [5, 5.41) is 18.8. The first-order chi connectivity index (χ1) is 8.99. The lowest BCUT2D eigenvalue weighted by Gasteiger charge is -2.37. The van der Waals surface area contributed by atoms with Crippen LogP contribution >= 0.6 is 0 Å². The lowest BCUT2D eigenvalue weighted by atomic mass is 9.81. The molecule has 1 saturated carbocycles. The first-order valence-corrected chi connectivity index (χ1v) is 7.18. The Bertz CT molecular complexity index is 349. The fourth-order valence-corrected chi connectivity index (χ4v) is 3.09. The third kappa shape index (κ3) is 3.26. The number of β-amino-alcohol motifs (C(OH)–C–C–N with tert-alkyl or cyclic N) is 1. The van der Waals surface area contributed by atoms with E-state index in [1.165, 1.54) is 0 Å². The summed E-state index contributed by atoms with van der Waals surface area (Å²) in [6, 6.07) is 0. The topological polar surface area (TPSA) is 77.8 Å². The van der Waals surface area contributed by atoms with E-state index >= 15 is 0 Å². The van der Waals surface area contributed by atoms with Crippen molar-refractivity contribution in [1.82, 2.24) is 4.90 Å². The normalized spacial score (nSPS) is 36.0. The van der Waals surface area contributed by atoms with Crippen molar-refractivity contribution >= 4 is 11.9 Å². The highest BCUT2D eigenvalue weighted by Gasteiger charge is 2.34. The number of aliphatic hydroxyl groups is 1. The van der Waals surface area contributed by atoms with Crippen molar-refractivity contribution < 1.29 is 19.8 Å². The van der Waals surface area contributed by atoms with Gasteiger partial charge in [-0.05, 0) is 38.0 Å². The number of hydrogen-bond donors (Lipinski definition) is 2. The minimum atomic E-state index is -0.742. The van der Waals surface area contributed by atoms with Gasteiger partial charge in [0.15, 0.2) is 0 Å². The molecule has 5 heteroatoms. The van der Waals surface area contributed by atoms with Gasteiger partial charge in [0.05, 0.1) is 12.0 Å². The SMILES string of the molecule is CC1CCN(C(=O)C2CCC(C(=O)O)CC2)CC1O. The summed E-state index contributed by atoms with van der Waals surface area (Å²) in [7, 11) is 0. The number of nitrogens with zero attached hydrogens (tertiary/aromatic N) is 1. The predicted octanol–water partition coefficient (Wildman–Crippen LogP) is 1.11. The smallest absolute Gasteiger partial charge is 0.306 e. The summed E-state index contributed by atoms with van der Waals surface area (Å²) < 4.78 is 0. The molecule has 1 amide bonds. The van der Waals surface area contributed by atoms with Crippen LogP contribution in [0.1, 0.15) is 39.0 Å². The van der Waals surface area contributed by atoms with Crippen LogP contribution in [0.25, 0.3) is 0 Å². The largest absolute Gasteiger partial charge is 0.481 e. The molecular formula is C14H23NO4. The second-order valence-corrected chi connectivity index (χ2v) is 6.00. The molecule has 19 heavy (non-hydrogen) atoms. The molecule has 0 aromatic carbocycles. The zero-order valence-corrected chi connectivity index (χ0v) is 11.4. The fraction of sp³-hybridized carbons (Fsp3) is 0.857. The number of carbonyl (C=O) groups excluding carboxylic acids is 1. The van der Waals surface area contributed by atoms with Gasteiger partial charge in [0.1, 0.15) is 0 Å². The number of rotatable bonds is 2. The maximum atomic E-state index is 12.3. The van der Waals surface area contributed by atoms with Gasteiger partial charge in [-0.1, -0.05) is 6.92 Å². The minimum absolute atomic E-state index is 0.0452. The minimum Gasteiger partial charge on any atom is -0.481 e. The number of carboxylic acids is 1. The average Bonchev–Trinajstić information content (AvgIpc) is 2.41. The van der Waals surface area contributed by atoms with Crippen molar-refractivity contribution in [1.29, 1.82) is 0 Å². The van der Waals surface area contributed by atoms with E-state index in [-0.39, 0.29) is 23.7 Å². The molecule has 1 saturated heterocycles. The Hall–Kier alpha value is -1.10. The van der Waals surface area contributed by atoms with Crippen LogP contribution in [-0.2, 0) is 9.59 Å². The van der Waals surface area contributed by atoms with Crippen LogP contribution in [0.2, 0.25) is 0 Å². The fourth-order valence-electron chi connectivity index (χ4n) is 3.09. The maximum absolute atomic E-state index is 12.3. The molecule has 1 aliphatic heterocycles. The quantitative estimate of drug-likeness (QED) is 0.787. The Labute approximate surface area is 113 Å². The second kappa shape index (κ2) is 5.90. The highest BCUT2D eigenvalue weighted by Crippen LogP contribution is 2.31. The van der Waals surface area contributed by atoms with Crippen LogP contribution < -0.4 is 0 Å². The molecule has 1 aliphatic carbocycles. The van der Waals surface area contributed by atoms with Gasteiger partial charge in [-0.2, -0.15) is 0 Å². The van der Waals surface area contributed by atoms with E-state index < -0.39 is 12.1 Å². The summed E-state index contributed by atoms with van der Waals surface area (Å²) in [6.45, 7) is 3.15. The number of piperidine rings is 1. The van der Waals surface area contributed by atoms with Crippen LogP contribution in [-0.4, -0.2) is 46.2 Å². The van der Waals surface area contributed by atoms with Gasteiger partial charge < -0.3 is 15.1 Å². The van der Waals surface area contributed by atoms with Gasteiger partial charge in [-0.25, -0.2) is 0 Å². The monoisotopic (exact) mass is 269 g/mol. The predicted molar refractivity (Wildman–Crippen MR) is 69.5 cm³/mol. The molecule has 2 rings (SSSR count). The van der Waals surface area contributed by atoms with Gasteiger partial charge in [0.2, 0.25) is 5.91 Å². The van der Waals surface area contributed by atoms with E-state index in [2.05, 4.69) is 0 Å². The van der Waals surface area contributed by atoms with Crippen LogP contribution in [0, 0.1) is 17.8 Å². The number of aliphatic carboxylic acids is 1. The zero-order chi connectivity index (χ0) is 14.0. The number of hydrogen-bond acceptors (Lipinski definition) is 3. The van der Waals surface area contributed by atoms with Crippen molar-refractivity contribution in [3.63, 3.8) is 0 Å². The molecule has 108 valence electrons. The molecule has 0 radical (unpaired) electrons. The van der Waals surface area contributed by atoms with Gasteiger partial charge in [-0.15, -0.1) is 0 Å². The molecule has 2 aliphatic rings. The zero-order valence-electron chi connectivity index (χ0n) is 11.4. The first-order valence-electron chi connectivity index (χ1n) is 7.18. The molecule has 2 fully saturated rings. The van der Waals surface area contributed by atoms with Crippen LogP contribution in [0.4, 0.5) is 0 Å². The van der Waals surface area contributed by atoms with E-state index in [1.54, 1.807) is 4.90 Å². The number of carbonyl (C=O) groups is 2. The summed E-state index contributed by atoms with van der Waals surface area (Å²) in [5.41, 5.74) is 0. The van der Waals surface area contributed by atoms with E-state index in [0.717, 1.165) is 13.0 Å². The molecule has 0 spiro atoms. The van der Waals surface area contributed by atoms with E-state index in [0.29, 0.717) is 32.2 Å². The lowest BCUT2D eigenvalue weighted by Crippen LogP contribution is -2.48. The van der Waals surface area contributed by atoms with E-state index in [9.17, 15) is 14.7 Å². The highest BCUT2D eigenvalue weighted by molar-refractivity contribution is 5.79. The Kier molecular flexibility index (Phi) is 4.45. The first kappa shape index (κ1) is 14.3. The van der Waals surface area contributed by atoms with Crippen molar-refractivity contribution in [3.8, 4) is 0 Å². The van der Waals surface area contributed by atoms with Gasteiger partial charge in [0.25, 0.3) is 0 Å². The van der Waals surface area contributed by atoms with Gasteiger partial charge >= 0.3 is 5.97 Å². The summed E-state index contributed by atoms with van der Waals surface area (Å²) in [6.07, 6.45) is 2.94. The van der Waals surface area contributed by atoms with Crippen LogP contribution in [0.5, 0.6) is 0 Å². The molecular weight excluding hydrogens is 246 g/mol. The van der Waals surface area contributed by atoms with E-state index in [4.69, 9.17) is 5.11 Å². The van der Waals surface area contributed by atoms with Crippen LogP contribution in [0.3, 0.4) is 0 Å². The summed E-state index contributed by atoms with van der Waals surface area (Å²) in [5.74, 6) is -0.707. The highest BCUT2D eigenvalue weighted by atomic mass is 16.4. The standard InChI is InChI=1S/C14H23NO4/c1-9-6-7-15(8-12(9)16)13(17)10-2-4-11(5-3-10)14(18)19/h9-12,16H,2-8H2,1H3,(H,18,19). The number of amides is 1. The van der Waals surface area contributed by atoms with Crippen molar-refractivity contribution in [2.24, 2.45) is 17.8 Å². The average molecular weight is 269 g/mol. The Balaban J connectivity index is 1.86. The van der Waals surface area contributed by atoms with Gasteiger partial charge in [-0.3, -0.25) is 9.59 Å². The third-order valence-corrected chi connectivity index (χ3v) is 4.66. The number of carboxylic acid groups (broad SMARTS) is 1. The molecule has 0 aromatic heterocycles. The van der Waals surface area contributed by atoms with Gasteiger partial charge in [0, 0.05) is 19.0 Å². The maximum Gasteiger partial charge on any atom is 0.306 e. The second-order valence-electron chi connectivity index (χ2n) is 6.00. The van der Waals surface area contributed by atoms with Crippen molar-refractivity contribution in [2.75, 3.05) is 13.1 Å². The number of aliphatic hydroxyl groups excluding tert-OH is 1. The third-order valence-electron chi connectivity index (χ3n) is 4.66. The van der Waals surface area contributed by atoms with Crippen molar-refractivity contribution in [2.45, 2.75) is 45.1 Å². The van der Waals surface area contributed by atoms with E-state index in [1.807, 2.05) is 6.92 Å². The summed E-state index contributed by atoms with van der Waals surface area (Å²) >= 11 is 0. The lowest BCUT2D eigenvalue weighted by molar-refractivity contribution is -0.147. The Morgan fingerprint density at radius 1 is 1.05 bits per heavy atom. The number of likely N-dealkylation sites (tertiary alicyclic amines) is 1. The molecule has 1 heterocycles.